The van der Waals surface area contributed by atoms with Gasteiger partial charge in [-0.2, -0.15) is 0 Å². The summed E-state index contributed by atoms with van der Waals surface area (Å²) in [6.07, 6.45) is 0.715. The topological polar surface area (TPSA) is 83.9 Å². The number of aliphatic carboxylic acids is 1. The van der Waals surface area contributed by atoms with Crippen molar-refractivity contribution in [2.24, 2.45) is 5.92 Å². The van der Waals surface area contributed by atoms with E-state index in [0.29, 0.717) is 42.9 Å². The normalized spacial score (nSPS) is 13.2. The summed E-state index contributed by atoms with van der Waals surface area (Å²) < 4.78 is 27.4. The number of rotatable bonds is 8. The second kappa shape index (κ2) is 14.0. The van der Waals surface area contributed by atoms with Crippen LogP contribution in [0.1, 0.15) is 33.0 Å². The van der Waals surface area contributed by atoms with Crippen LogP contribution in [0.15, 0.2) is 141 Å². The molecule has 0 radical (unpaired) electrons. The Labute approximate surface area is 290 Å². The van der Waals surface area contributed by atoms with Crippen LogP contribution in [-0.2, 0) is 17.8 Å². The second-order valence-electron chi connectivity index (χ2n) is 12.2. The number of carbonyl (C=O) groups excluding carboxylic acids is 1. The molecule has 5 aromatic carbocycles. The quantitative estimate of drug-likeness (QED) is 0.158. The van der Waals surface area contributed by atoms with Crippen LogP contribution >= 0.6 is 15.9 Å². The number of carboxylic acid groups (broad SMARTS) is 1. The van der Waals surface area contributed by atoms with Gasteiger partial charge < -0.3 is 13.9 Å². The van der Waals surface area contributed by atoms with Crippen molar-refractivity contribution in [1.82, 2.24) is 4.90 Å². The fourth-order valence-electron chi connectivity index (χ4n) is 6.01. The average molecular weight is 717 g/mol. The van der Waals surface area contributed by atoms with Crippen molar-refractivity contribution >= 4 is 49.6 Å². The van der Waals surface area contributed by atoms with Crippen molar-refractivity contribution in [3.05, 3.63) is 166 Å². The fourth-order valence-corrected chi connectivity index (χ4v) is 6.39. The highest BCUT2D eigenvalue weighted by atomic mass is 79.9. The molecule has 0 unspecified atom stereocenters. The fraction of sp³-hybridized carbons (Fsp3) is 0.122. The molecule has 49 heavy (non-hydrogen) atoms. The molecular weight excluding hydrogens is 685 g/mol. The maximum atomic E-state index is 14.9. The molecule has 8 heteroatoms. The number of carboxylic acids is 1. The van der Waals surface area contributed by atoms with E-state index >= 15 is 0 Å². The van der Waals surface area contributed by atoms with E-state index in [1.165, 1.54) is 5.56 Å². The van der Waals surface area contributed by atoms with Gasteiger partial charge in [-0.25, -0.2) is 4.39 Å². The van der Waals surface area contributed by atoms with Crippen LogP contribution < -0.4 is 0 Å². The zero-order chi connectivity index (χ0) is 33.9. The van der Waals surface area contributed by atoms with Crippen molar-refractivity contribution in [1.29, 1.82) is 0 Å². The zero-order valence-electron chi connectivity index (χ0n) is 26.3. The number of halogens is 2. The van der Waals surface area contributed by atoms with Crippen molar-refractivity contribution < 1.29 is 27.9 Å². The average Bonchev–Trinajstić information content (AvgIpc) is 3.70. The standard InChI is InChI=1S/C26H22FNO3.C15H9BrO2/c27-24-11-18(14-28-15-21(16-28)26(29)30)6-8-23(24)19-7-9-25-20(12-19)13-22(31-25)10-17-4-2-1-3-5-17;16-12-6-7-13-11(8-12)9-14(18-13)15(17)10-4-2-1-3-5-10/h1-9,11-13,21H,10,14-16H2,(H,29,30);1-9H. The molecule has 0 saturated carbocycles. The summed E-state index contributed by atoms with van der Waals surface area (Å²) in [5.74, 6) is -0.197. The summed E-state index contributed by atoms with van der Waals surface area (Å²) in [7, 11) is 0. The van der Waals surface area contributed by atoms with Crippen LogP contribution in [0.4, 0.5) is 4.39 Å². The Bertz CT molecular complexity index is 2270. The van der Waals surface area contributed by atoms with Crippen LogP contribution in [0.5, 0.6) is 0 Å². The number of likely N-dealkylation sites (tertiary alicyclic amines) is 1. The minimum atomic E-state index is -0.764. The molecule has 0 atom stereocenters. The predicted octanol–water partition coefficient (Wildman–Crippen LogP) is 9.77. The number of fused-ring (bicyclic) bond motifs is 2. The maximum absolute atomic E-state index is 14.9. The summed E-state index contributed by atoms with van der Waals surface area (Å²) >= 11 is 3.40. The van der Waals surface area contributed by atoms with Gasteiger partial charge in [-0.1, -0.05) is 94.8 Å². The van der Waals surface area contributed by atoms with Gasteiger partial charge >= 0.3 is 5.97 Å². The Balaban J connectivity index is 0.000000178. The van der Waals surface area contributed by atoms with Crippen molar-refractivity contribution in [3.8, 4) is 11.1 Å². The molecule has 0 aliphatic carbocycles. The minimum absolute atomic E-state index is 0.0945. The van der Waals surface area contributed by atoms with E-state index in [0.717, 1.165) is 43.3 Å². The Morgan fingerprint density at radius 2 is 1.45 bits per heavy atom. The molecule has 1 saturated heterocycles. The highest BCUT2D eigenvalue weighted by Crippen LogP contribution is 2.31. The summed E-state index contributed by atoms with van der Waals surface area (Å²) in [5, 5.41) is 10.9. The van der Waals surface area contributed by atoms with E-state index in [4.69, 9.17) is 13.9 Å². The van der Waals surface area contributed by atoms with E-state index in [2.05, 4.69) is 28.1 Å². The number of furan rings is 2. The predicted molar refractivity (Wildman–Crippen MR) is 191 cm³/mol. The number of benzene rings is 5. The minimum Gasteiger partial charge on any atom is -0.481 e. The third kappa shape index (κ3) is 7.41. The Kier molecular flexibility index (Phi) is 9.24. The Morgan fingerprint density at radius 1 is 0.755 bits per heavy atom. The van der Waals surface area contributed by atoms with Crippen molar-refractivity contribution in [3.63, 3.8) is 0 Å². The molecule has 2 aromatic heterocycles. The lowest BCUT2D eigenvalue weighted by Crippen LogP contribution is -2.49. The van der Waals surface area contributed by atoms with Gasteiger partial charge in [0.05, 0.1) is 5.92 Å². The van der Waals surface area contributed by atoms with Crippen LogP contribution in [-0.4, -0.2) is 34.8 Å². The number of nitrogens with zero attached hydrogens (tertiary/aromatic N) is 1. The van der Waals surface area contributed by atoms with Gasteiger partial charge in [-0.15, -0.1) is 0 Å². The van der Waals surface area contributed by atoms with E-state index in [1.807, 2.05) is 89.8 Å². The van der Waals surface area contributed by atoms with Gasteiger partial charge in [0.2, 0.25) is 5.78 Å². The highest BCUT2D eigenvalue weighted by molar-refractivity contribution is 9.10. The van der Waals surface area contributed by atoms with Gasteiger partial charge in [0, 0.05) is 52.4 Å². The molecular formula is C41H31BrFNO5. The number of hydrogen-bond acceptors (Lipinski definition) is 5. The monoisotopic (exact) mass is 715 g/mol. The first kappa shape index (κ1) is 32.2. The van der Waals surface area contributed by atoms with Crippen LogP contribution in [0, 0.1) is 11.7 Å². The van der Waals surface area contributed by atoms with E-state index in [-0.39, 0.29) is 17.5 Å². The largest absolute Gasteiger partial charge is 0.481 e. The van der Waals surface area contributed by atoms with Gasteiger partial charge in [-0.3, -0.25) is 14.5 Å². The van der Waals surface area contributed by atoms with Gasteiger partial charge in [-0.05, 0) is 65.2 Å². The zero-order valence-corrected chi connectivity index (χ0v) is 27.9. The van der Waals surface area contributed by atoms with Crippen molar-refractivity contribution in [2.45, 2.75) is 13.0 Å². The SMILES string of the molecule is O=C(O)C1CN(Cc2ccc(-c3ccc4oc(Cc5ccccc5)cc4c3)c(F)c2)C1.O=C(c1ccccc1)c1cc2cc(Br)ccc2o1. The lowest BCUT2D eigenvalue weighted by molar-refractivity contribution is -0.147. The van der Waals surface area contributed by atoms with E-state index < -0.39 is 5.97 Å². The van der Waals surface area contributed by atoms with E-state index in [9.17, 15) is 14.0 Å². The molecule has 0 spiro atoms. The first-order chi connectivity index (χ1) is 23.8. The molecule has 3 heterocycles. The first-order valence-electron chi connectivity index (χ1n) is 15.9. The summed E-state index contributed by atoms with van der Waals surface area (Å²) in [4.78, 5) is 25.1. The van der Waals surface area contributed by atoms with Gasteiger partial charge in [0.25, 0.3) is 0 Å². The third-order valence-corrected chi connectivity index (χ3v) is 9.08. The van der Waals surface area contributed by atoms with E-state index in [1.54, 1.807) is 30.3 Å². The Morgan fingerprint density at radius 3 is 2.18 bits per heavy atom. The third-order valence-electron chi connectivity index (χ3n) is 8.58. The number of hydrogen-bond donors (Lipinski definition) is 1. The van der Waals surface area contributed by atoms with Crippen LogP contribution in [0.25, 0.3) is 33.1 Å². The molecule has 244 valence electrons. The van der Waals surface area contributed by atoms with Crippen LogP contribution in [0.3, 0.4) is 0 Å². The molecule has 7 aromatic rings. The summed E-state index contributed by atoms with van der Waals surface area (Å²) in [6.45, 7) is 1.59. The number of carbonyl (C=O) groups is 2. The lowest BCUT2D eigenvalue weighted by Gasteiger charge is -2.36. The summed E-state index contributed by atoms with van der Waals surface area (Å²) in [5.41, 5.74) is 5.52. The molecule has 0 amide bonds. The van der Waals surface area contributed by atoms with Crippen molar-refractivity contribution in [2.75, 3.05) is 13.1 Å². The first-order valence-corrected chi connectivity index (χ1v) is 16.7. The van der Waals surface area contributed by atoms with Gasteiger partial charge in [0.15, 0.2) is 5.76 Å². The molecule has 1 fully saturated rings. The smallest absolute Gasteiger partial charge is 0.309 e. The molecule has 1 aliphatic rings. The molecule has 6 nitrogen and oxygen atoms in total. The summed E-state index contributed by atoms with van der Waals surface area (Å²) in [6, 6.07) is 39.7. The molecule has 1 aliphatic heterocycles. The van der Waals surface area contributed by atoms with Crippen LogP contribution in [0.2, 0.25) is 0 Å². The highest BCUT2D eigenvalue weighted by Gasteiger charge is 2.32. The molecule has 8 rings (SSSR count). The molecule has 0 bridgehead atoms. The van der Waals surface area contributed by atoms with Gasteiger partial charge in [0.1, 0.15) is 22.7 Å². The Hall–Kier alpha value is -5.31. The number of ketones is 1. The maximum Gasteiger partial charge on any atom is 0.309 e. The second-order valence-corrected chi connectivity index (χ2v) is 13.1. The lowest BCUT2D eigenvalue weighted by atomic mass is 9.98. The molecule has 1 N–H and O–H groups in total.